The van der Waals surface area contributed by atoms with Crippen molar-refractivity contribution in [3.05, 3.63) is 0 Å². The van der Waals surface area contributed by atoms with Crippen molar-refractivity contribution in [1.29, 1.82) is 0 Å². The molecule has 0 saturated heterocycles. The summed E-state index contributed by atoms with van der Waals surface area (Å²) in [6.07, 6.45) is 77.0. The summed E-state index contributed by atoms with van der Waals surface area (Å²) in [5, 5.41) is 0. The highest BCUT2D eigenvalue weighted by atomic mass is 16.6. The Morgan fingerprint density at radius 3 is 0.526 bits per heavy atom. The average Bonchev–Trinajstić information content (AvgIpc) is 3.42. The molecule has 76 heavy (non-hydrogen) atoms. The number of unbranched alkanes of at least 4 members (excludes halogenated alkanes) is 55. The fourth-order valence-electron chi connectivity index (χ4n) is 11.1. The van der Waals surface area contributed by atoms with Crippen LogP contribution in [0, 0.1) is 0 Å². The summed E-state index contributed by atoms with van der Waals surface area (Å²) in [6.45, 7) is 6.74. The van der Waals surface area contributed by atoms with E-state index in [-0.39, 0.29) is 31.1 Å². The molecule has 0 heterocycles. The van der Waals surface area contributed by atoms with Crippen LogP contribution in [0.25, 0.3) is 0 Å². The molecule has 0 radical (unpaired) electrons. The minimum atomic E-state index is -0.763. The summed E-state index contributed by atoms with van der Waals surface area (Å²) in [5.41, 5.74) is 0. The fourth-order valence-corrected chi connectivity index (χ4v) is 11.1. The Balaban J connectivity index is 4.22. The third-order valence-corrected chi connectivity index (χ3v) is 16.4. The first kappa shape index (κ1) is 74.4. The highest BCUT2D eigenvalue weighted by Gasteiger charge is 2.19. The molecule has 0 fully saturated rings. The first-order valence-electron chi connectivity index (χ1n) is 35.0. The molecule has 0 N–H and O–H groups in total. The summed E-state index contributed by atoms with van der Waals surface area (Å²) in [5.74, 6) is -0.819. The van der Waals surface area contributed by atoms with Crippen LogP contribution in [0.4, 0.5) is 0 Å². The van der Waals surface area contributed by atoms with Gasteiger partial charge in [-0.2, -0.15) is 0 Å². The molecule has 0 aromatic rings. The summed E-state index contributed by atoms with van der Waals surface area (Å²) in [6, 6.07) is 0. The van der Waals surface area contributed by atoms with Crippen LogP contribution in [-0.2, 0) is 28.6 Å². The van der Waals surface area contributed by atoms with E-state index in [0.717, 1.165) is 57.8 Å². The zero-order valence-electron chi connectivity index (χ0n) is 52.1. The molecule has 0 aromatic heterocycles. The largest absolute Gasteiger partial charge is 0.462 e. The summed E-state index contributed by atoms with van der Waals surface area (Å²) in [4.78, 5) is 38.4. The van der Waals surface area contributed by atoms with Gasteiger partial charge < -0.3 is 14.2 Å². The van der Waals surface area contributed by atoms with Crippen molar-refractivity contribution in [3.8, 4) is 0 Å². The number of esters is 3. The molecule has 0 aliphatic heterocycles. The van der Waals surface area contributed by atoms with Gasteiger partial charge in [0.1, 0.15) is 13.2 Å². The molecule has 1 atom stereocenters. The molecule has 0 bridgehead atoms. The maximum absolute atomic E-state index is 12.9. The number of hydrogen-bond acceptors (Lipinski definition) is 6. The quantitative estimate of drug-likeness (QED) is 0.0343. The second kappa shape index (κ2) is 65.9. The van der Waals surface area contributed by atoms with Gasteiger partial charge in [-0.25, -0.2) is 0 Å². The number of rotatable bonds is 66. The highest BCUT2D eigenvalue weighted by molar-refractivity contribution is 5.71. The zero-order valence-corrected chi connectivity index (χ0v) is 52.1. The maximum Gasteiger partial charge on any atom is 0.306 e. The lowest BCUT2D eigenvalue weighted by Crippen LogP contribution is -2.30. The second-order valence-electron chi connectivity index (χ2n) is 24.2. The Labute approximate surface area is 476 Å². The molecule has 0 aliphatic carbocycles. The molecule has 6 nitrogen and oxygen atoms in total. The van der Waals surface area contributed by atoms with E-state index in [1.165, 1.54) is 315 Å². The average molecular weight is 1070 g/mol. The first-order valence-corrected chi connectivity index (χ1v) is 35.0. The third-order valence-electron chi connectivity index (χ3n) is 16.4. The van der Waals surface area contributed by atoms with Crippen LogP contribution >= 0.6 is 0 Å². The van der Waals surface area contributed by atoms with Gasteiger partial charge in [-0.15, -0.1) is 0 Å². The Hall–Kier alpha value is -1.59. The Kier molecular flexibility index (Phi) is 64.5. The van der Waals surface area contributed by atoms with E-state index in [9.17, 15) is 14.4 Å². The maximum atomic E-state index is 12.9. The molecular formula is C70H136O6. The van der Waals surface area contributed by atoms with E-state index in [2.05, 4.69) is 20.8 Å². The number of hydrogen-bond donors (Lipinski definition) is 0. The van der Waals surface area contributed by atoms with Gasteiger partial charge in [0.25, 0.3) is 0 Å². The molecule has 452 valence electrons. The molecule has 0 spiro atoms. The summed E-state index contributed by atoms with van der Waals surface area (Å²) < 4.78 is 17.0. The van der Waals surface area contributed by atoms with Gasteiger partial charge in [-0.3, -0.25) is 14.4 Å². The summed E-state index contributed by atoms with van der Waals surface area (Å²) in [7, 11) is 0. The fraction of sp³-hybridized carbons (Fsp3) is 0.957. The zero-order chi connectivity index (χ0) is 55.0. The predicted molar refractivity (Wildman–Crippen MR) is 330 cm³/mol. The number of carbonyl (C=O) groups is 3. The van der Waals surface area contributed by atoms with E-state index in [4.69, 9.17) is 14.2 Å². The van der Waals surface area contributed by atoms with Gasteiger partial charge in [-0.1, -0.05) is 374 Å². The monoisotopic (exact) mass is 1070 g/mol. The van der Waals surface area contributed by atoms with Crippen molar-refractivity contribution >= 4 is 17.9 Å². The van der Waals surface area contributed by atoms with Crippen LogP contribution in [0.1, 0.15) is 412 Å². The molecular weight excluding hydrogens is 937 g/mol. The van der Waals surface area contributed by atoms with E-state index in [1.807, 2.05) is 0 Å². The highest BCUT2D eigenvalue weighted by Crippen LogP contribution is 2.19. The van der Waals surface area contributed by atoms with E-state index in [0.29, 0.717) is 19.3 Å². The topological polar surface area (TPSA) is 78.9 Å². The van der Waals surface area contributed by atoms with Crippen LogP contribution in [0.5, 0.6) is 0 Å². The van der Waals surface area contributed by atoms with Gasteiger partial charge in [0.2, 0.25) is 0 Å². The Bertz CT molecular complexity index is 1140. The van der Waals surface area contributed by atoms with Crippen molar-refractivity contribution in [2.45, 2.75) is 419 Å². The van der Waals surface area contributed by atoms with Gasteiger partial charge >= 0.3 is 17.9 Å². The molecule has 1 unspecified atom stereocenters. The van der Waals surface area contributed by atoms with E-state index >= 15 is 0 Å². The lowest BCUT2D eigenvalue weighted by molar-refractivity contribution is -0.167. The predicted octanol–water partition coefficient (Wildman–Crippen LogP) is 23.8. The van der Waals surface area contributed by atoms with Crippen molar-refractivity contribution in [2.75, 3.05) is 13.2 Å². The van der Waals surface area contributed by atoms with Gasteiger partial charge in [-0.05, 0) is 19.3 Å². The lowest BCUT2D eigenvalue weighted by atomic mass is 10.0. The normalized spacial score (nSPS) is 11.9. The minimum absolute atomic E-state index is 0.0601. The second-order valence-corrected chi connectivity index (χ2v) is 24.2. The number of carbonyl (C=O) groups excluding carboxylic acids is 3. The van der Waals surface area contributed by atoms with Gasteiger partial charge in [0.05, 0.1) is 0 Å². The van der Waals surface area contributed by atoms with Crippen LogP contribution in [0.15, 0.2) is 0 Å². The van der Waals surface area contributed by atoms with Crippen LogP contribution < -0.4 is 0 Å². The minimum Gasteiger partial charge on any atom is -0.462 e. The Morgan fingerprint density at radius 1 is 0.211 bits per heavy atom. The van der Waals surface area contributed by atoms with Crippen molar-refractivity contribution < 1.29 is 28.6 Å². The SMILES string of the molecule is CCCCCCCCCCCCCCCCCCCCCCCCC(=O)OCC(COC(=O)CCCCCCCCCCCCCCCC)OC(=O)CCCCCCCCCCCCCCCCCCCCCCCC. The molecule has 0 rings (SSSR count). The van der Waals surface area contributed by atoms with Crippen molar-refractivity contribution in [1.82, 2.24) is 0 Å². The molecule has 6 heteroatoms. The standard InChI is InChI=1S/C70H136O6/c1-4-7-10-13-16-19-22-25-28-30-32-34-36-38-40-42-45-48-51-54-57-60-63-69(72)75-66-67(65-74-68(71)62-59-56-53-50-47-44-27-24-21-18-15-12-9-6-3)76-70(73)64-61-58-55-52-49-46-43-41-39-37-35-33-31-29-26-23-20-17-14-11-8-5-2/h67H,4-66H2,1-3H3. The molecule has 0 aliphatic rings. The third kappa shape index (κ3) is 63.2. The van der Waals surface area contributed by atoms with Crippen molar-refractivity contribution in [3.63, 3.8) is 0 Å². The van der Waals surface area contributed by atoms with E-state index < -0.39 is 6.10 Å². The van der Waals surface area contributed by atoms with Crippen LogP contribution in [-0.4, -0.2) is 37.2 Å². The number of ether oxygens (including phenoxy) is 3. The van der Waals surface area contributed by atoms with Crippen LogP contribution in [0.3, 0.4) is 0 Å². The smallest absolute Gasteiger partial charge is 0.306 e. The van der Waals surface area contributed by atoms with Gasteiger partial charge in [0, 0.05) is 19.3 Å². The van der Waals surface area contributed by atoms with Crippen molar-refractivity contribution in [2.24, 2.45) is 0 Å². The van der Waals surface area contributed by atoms with E-state index in [1.54, 1.807) is 0 Å². The first-order chi connectivity index (χ1) is 37.5. The molecule has 0 amide bonds. The molecule has 0 saturated carbocycles. The van der Waals surface area contributed by atoms with Crippen LogP contribution in [0.2, 0.25) is 0 Å². The van der Waals surface area contributed by atoms with Gasteiger partial charge in [0.15, 0.2) is 6.10 Å². The summed E-state index contributed by atoms with van der Waals surface area (Å²) >= 11 is 0. The Morgan fingerprint density at radius 2 is 0.355 bits per heavy atom. The molecule has 0 aromatic carbocycles. The lowest BCUT2D eigenvalue weighted by Gasteiger charge is -2.18.